The Labute approximate surface area is 151 Å². The van der Waals surface area contributed by atoms with Crippen molar-refractivity contribution in [1.82, 2.24) is 9.97 Å². The molecular formula is C19H13F3N2OS. The van der Waals surface area contributed by atoms with Crippen LogP contribution in [0.25, 0.3) is 20.3 Å². The van der Waals surface area contributed by atoms with Gasteiger partial charge in [-0.2, -0.15) is 4.98 Å². The van der Waals surface area contributed by atoms with Gasteiger partial charge in [0.15, 0.2) is 11.6 Å². The highest BCUT2D eigenvalue weighted by Crippen LogP contribution is 2.38. The van der Waals surface area contributed by atoms with Gasteiger partial charge in [0.05, 0.1) is 10.9 Å². The Morgan fingerprint density at radius 1 is 1.00 bits per heavy atom. The molecule has 0 amide bonds. The van der Waals surface area contributed by atoms with Gasteiger partial charge in [0.25, 0.3) is 0 Å². The van der Waals surface area contributed by atoms with E-state index in [2.05, 4.69) is 9.97 Å². The van der Waals surface area contributed by atoms with Crippen LogP contribution in [0.3, 0.4) is 0 Å². The Bertz CT molecular complexity index is 1130. The molecule has 0 unspecified atom stereocenters. The monoisotopic (exact) mass is 374 g/mol. The van der Waals surface area contributed by atoms with E-state index in [1.807, 2.05) is 13.0 Å². The van der Waals surface area contributed by atoms with Crippen molar-refractivity contribution in [3.8, 4) is 5.88 Å². The Balaban J connectivity index is 1.79. The van der Waals surface area contributed by atoms with Gasteiger partial charge in [0, 0.05) is 11.1 Å². The molecule has 3 nitrogen and oxygen atoms in total. The van der Waals surface area contributed by atoms with E-state index in [1.165, 1.54) is 23.5 Å². The van der Waals surface area contributed by atoms with Crippen molar-refractivity contribution in [2.45, 2.75) is 20.0 Å². The molecule has 0 fully saturated rings. The summed E-state index contributed by atoms with van der Waals surface area (Å²) in [6.45, 7) is 1.91. The van der Waals surface area contributed by atoms with Crippen molar-refractivity contribution in [1.29, 1.82) is 0 Å². The maximum atomic E-state index is 14.3. The largest absolute Gasteiger partial charge is 0.472 e. The zero-order valence-corrected chi connectivity index (χ0v) is 14.5. The SMILES string of the molecule is CCc1nc(OCc2ccc(F)c(F)c2)c2sc3cccc(F)c3c2n1. The third kappa shape index (κ3) is 2.88. The lowest BCUT2D eigenvalue weighted by Gasteiger charge is -2.08. The summed E-state index contributed by atoms with van der Waals surface area (Å²) in [5, 5.41) is 0.447. The van der Waals surface area contributed by atoms with Crippen molar-refractivity contribution in [2.75, 3.05) is 0 Å². The predicted molar refractivity (Wildman–Crippen MR) is 94.9 cm³/mol. The van der Waals surface area contributed by atoms with Crippen molar-refractivity contribution >= 4 is 31.6 Å². The summed E-state index contributed by atoms with van der Waals surface area (Å²) in [6, 6.07) is 8.43. The van der Waals surface area contributed by atoms with E-state index in [0.29, 0.717) is 39.3 Å². The van der Waals surface area contributed by atoms with E-state index in [4.69, 9.17) is 4.74 Å². The summed E-state index contributed by atoms with van der Waals surface area (Å²) in [6.07, 6.45) is 0.559. The van der Waals surface area contributed by atoms with E-state index in [0.717, 1.165) is 16.8 Å². The maximum absolute atomic E-state index is 14.3. The fourth-order valence-electron chi connectivity index (χ4n) is 2.70. The number of hydrogen-bond acceptors (Lipinski definition) is 4. The summed E-state index contributed by atoms with van der Waals surface area (Å²) in [7, 11) is 0. The molecule has 132 valence electrons. The molecule has 4 rings (SSSR count). The van der Waals surface area contributed by atoms with Crippen LogP contribution in [0.2, 0.25) is 0 Å². The Morgan fingerprint density at radius 2 is 1.85 bits per heavy atom. The first-order valence-corrected chi connectivity index (χ1v) is 8.83. The number of benzene rings is 2. The van der Waals surface area contributed by atoms with Crippen LogP contribution in [0.1, 0.15) is 18.3 Å². The maximum Gasteiger partial charge on any atom is 0.235 e. The zero-order chi connectivity index (χ0) is 18.3. The van der Waals surface area contributed by atoms with E-state index in [1.54, 1.807) is 6.07 Å². The molecular weight excluding hydrogens is 361 g/mol. The fraction of sp³-hybridized carbons (Fsp3) is 0.158. The Kier molecular flexibility index (Phi) is 4.24. The van der Waals surface area contributed by atoms with Gasteiger partial charge in [0.1, 0.15) is 22.9 Å². The highest BCUT2D eigenvalue weighted by atomic mass is 32.1. The number of halogens is 3. The molecule has 0 aliphatic heterocycles. The molecule has 0 atom stereocenters. The minimum absolute atomic E-state index is 0.0171. The molecule has 0 N–H and O–H groups in total. The first kappa shape index (κ1) is 16.8. The van der Waals surface area contributed by atoms with Crippen LogP contribution < -0.4 is 4.74 Å². The first-order valence-electron chi connectivity index (χ1n) is 8.01. The number of nitrogens with zero attached hydrogens (tertiary/aromatic N) is 2. The molecule has 2 heterocycles. The Morgan fingerprint density at radius 3 is 2.62 bits per heavy atom. The first-order chi connectivity index (χ1) is 12.6. The molecule has 4 aromatic rings. The van der Waals surface area contributed by atoms with Crippen LogP contribution in [0.15, 0.2) is 36.4 Å². The third-order valence-electron chi connectivity index (χ3n) is 3.98. The molecule has 2 aromatic carbocycles. The summed E-state index contributed by atoms with van der Waals surface area (Å²) in [5.41, 5.74) is 0.983. The summed E-state index contributed by atoms with van der Waals surface area (Å²) in [4.78, 5) is 8.84. The predicted octanol–water partition coefficient (Wildman–Crippen LogP) is 5.40. The van der Waals surface area contributed by atoms with Gasteiger partial charge in [-0.1, -0.05) is 19.1 Å². The lowest BCUT2D eigenvalue weighted by molar-refractivity contribution is 0.296. The van der Waals surface area contributed by atoms with Crippen LogP contribution in [0, 0.1) is 17.5 Å². The van der Waals surface area contributed by atoms with Gasteiger partial charge in [-0.3, -0.25) is 0 Å². The number of hydrogen-bond donors (Lipinski definition) is 0. The molecule has 0 saturated carbocycles. The zero-order valence-electron chi connectivity index (χ0n) is 13.7. The molecule has 0 saturated heterocycles. The molecule has 0 radical (unpaired) electrons. The molecule has 0 spiro atoms. The molecule has 26 heavy (non-hydrogen) atoms. The minimum Gasteiger partial charge on any atom is -0.472 e. The van der Waals surface area contributed by atoms with E-state index in [9.17, 15) is 13.2 Å². The standard InChI is InChI=1S/C19H13F3N2OS/c1-2-15-23-17-16-12(21)4-3-5-14(16)26-18(17)19(24-15)25-9-10-6-7-11(20)13(22)8-10/h3-8H,2,9H2,1H3. The smallest absolute Gasteiger partial charge is 0.235 e. The molecule has 0 aliphatic carbocycles. The summed E-state index contributed by atoms with van der Waals surface area (Å²) >= 11 is 1.34. The number of rotatable bonds is 4. The van der Waals surface area contributed by atoms with Gasteiger partial charge >= 0.3 is 0 Å². The van der Waals surface area contributed by atoms with Gasteiger partial charge in [0.2, 0.25) is 5.88 Å². The van der Waals surface area contributed by atoms with Crippen LogP contribution >= 0.6 is 11.3 Å². The number of aromatic nitrogens is 2. The highest BCUT2D eigenvalue weighted by molar-refractivity contribution is 7.26. The van der Waals surface area contributed by atoms with Gasteiger partial charge in [-0.05, 0) is 29.8 Å². The summed E-state index contributed by atoms with van der Waals surface area (Å²) in [5.74, 6) is -1.34. The van der Waals surface area contributed by atoms with Crippen molar-refractivity contribution in [3.05, 3.63) is 65.2 Å². The van der Waals surface area contributed by atoms with Gasteiger partial charge in [-0.15, -0.1) is 11.3 Å². The van der Waals surface area contributed by atoms with Crippen molar-refractivity contribution in [3.63, 3.8) is 0 Å². The third-order valence-corrected chi connectivity index (χ3v) is 5.11. The van der Waals surface area contributed by atoms with Crippen LogP contribution in [-0.4, -0.2) is 9.97 Å². The average Bonchev–Trinajstić information content (AvgIpc) is 3.02. The van der Waals surface area contributed by atoms with E-state index < -0.39 is 11.6 Å². The van der Waals surface area contributed by atoms with E-state index >= 15 is 0 Å². The lowest BCUT2D eigenvalue weighted by atomic mass is 10.2. The molecule has 2 aromatic heterocycles. The average molecular weight is 374 g/mol. The van der Waals surface area contributed by atoms with Gasteiger partial charge in [-0.25, -0.2) is 18.2 Å². The van der Waals surface area contributed by atoms with Crippen molar-refractivity contribution < 1.29 is 17.9 Å². The van der Waals surface area contributed by atoms with Gasteiger partial charge < -0.3 is 4.74 Å². The fourth-order valence-corrected chi connectivity index (χ4v) is 3.80. The highest BCUT2D eigenvalue weighted by Gasteiger charge is 2.17. The molecule has 7 heteroatoms. The lowest BCUT2D eigenvalue weighted by Crippen LogP contribution is -2.02. The van der Waals surface area contributed by atoms with Crippen LogP contribution in [0.4, 0.5) is 13.2 Å². The minimum atomic E-state index is -0.933. The van der Waals surface area contributed by atoms with Crippen molar-refractivity contribution in [2.24, 2.45) is 0 Å². The molecule has 0 bridgehead atoms. The van der Waals surface area contributed by atoms with E-state index in [-0.39, 0.29) is 12.4 Å². The van der Waals surface area contributed by atoms with Crippen LogP contribution in [0.5, 0.6) is 5.88 Å². The normalized spacial score (nSPS) is 11.4. The number of thiophene rings is 1. The quantitative estimate of drug-likeness (QED) is 0.479. The number of aryl methyl sites for hydroxylation is 1. The number of fused-ring (bicyclic) bond motifs is 3. The second-order valence-electron chi connectivity index (χ2n) is 5.73. The number of ether oxygens (including phenoxy) is 1. The Hall–Kier alpha value is -2.67. The topological polar surface area (TPSA) is 35.0 Å². The molecule has 0 aliphatic rings. The van der Waals surface area contributed by atoms with Crippen LogP contribution in [-0.2, 0) is 13.0 Å². The second kappa shape index (κ2) is 6.57. The summed E-state index contributed by atoms with van der Waals surface area (Å²) < 4.78 is 47.8. The second-order valence-corrected chi connectivity index (χ2v) is 6.78.